The van der Waals surface area contributed by atoms with Gasteiger partial charge >= 0.3 is 6.09 Å². The SMILES string of the molecule is CC(C)(C)OC(=O)N1CCCN(c2ncc(I)cn2)C1. The topological polar surface area (TPSA) is 58.6 Å². The van der Waals surface area contributed by atoms with E-state index in [4.69, 9.17) is 4.74 Å². The van der Waals surface area contributed by atoms with Crippen LogP contribution < -0.4 is 4.90 Å². The minimum Gasteiger partial charge on any atom is -0.444 e. The van der Waals surface area contributed by atoms with Crippen molar-refractivity contribution < 1.29 is 9.53 Å². The zero-order chi connectivity index (χ0) is 14.8. The van der Waals surface area contributed by atoms with E-state index in [9.17, 15) is 4.79 Å². The molecule has 1 fully saturated rings. The van der Waals surface area contributed by atoms with Gasteiger partial charge in [-0.25, -0.2) is 14.8 Å². The van der Waals surface area contributed by atoms with Gasteiger partial charge in [0.1, 0.15) is 5.60 Å². The maximum atomic E-state index is 12.1. The van der Waals surface area contributed by atoms with Crippen LogP contribution in [0.5, 0.6) is 0 Å². The van der Waals surface area contributed by atoms with E-state index in [0.717, 1.165) is 16.5 Å². The van der Waals surface area contributed by atoms with Gasteiger partial charge in [0.25, 0.3) is 0 Å². The average Bonchev–Trinajstić information content (AvgIpc) is 2.38. The average molecular weight is 390 g/mol. The van der Waals surface area contributed by atoms with E-state index < -0.39 is 5.60 Å². The first kappa shape index (κ1) is 15.3. The molecule has 1 saturated heterocycles. The van der Waals surface area contributed by atoms with E-state index in [1.807, 2.05) is 25.7 Å². The summed E-state index contributed by atoms with van der Waals surface area (Å²) in [4.78, 5) is 24.4. The number of nitrogens with zero attached hydrogens (tertiary/aromatic N) is 4. The van der Waals surface area contributed by atoms with Crippen molar-refractivity contribution in [3.63, 3.8) is 0 Å². The van der Waals surface area contributed by atoms with Gasteiger partial charge in [0.2, 0.25) is 5.95 Å². The van der Waals surface area contributed by atoms with Crippen molar-refractivity contribution in [2.45, 2.75) is 32.8 Å². The van der Waals surface area contributed by atoms with Crippen molar-refractivity contribution >= 4 is 34.6 Å². The number of halogens is 1. The van der Waals surface area contributed by atoms with Crippen molar-refractivity contribution in [3.05, 3.63) is 16.0 Å². The molecule has 0 atom stereocenters. The number of anilines is 1. The summed E-state index contributed by atoms with van der Waals surface area (Å²) < 4.78 is 6.39. The lowest BCUT2D eigenvalue weighted by molar-refractivity contribution is 0.0225. The minimum absolute atomic E-state index is 0.285. The van der Waals surface area contributed by atoms with Gasteiger partial charge in [0, 0.05) is 29.1 Å². The summed E-state index contributed by atoms with van der Waals surface area (Å²) >= 11 is 2.17. The number of carbonyl (C=O) groups excluding carboxylic acids is 1. The molecule has 7 heteroatoms. The van der Waals surface area contributed by atoms with E-state index >= 15 is 0 Å². The summed E-state index contributed by atoms with van der Waals surface area (Å²) in [5, 5.41) is 0. The Hall–Kier alpha value is -1.12. The third kappa shape index (κ3) is 4.19. The van der Waals surface area contributed by atoms with Crippen LogP contribution in [0.2, 0.25) is 0 Å². The molecular formula is C13H19IN4O2. The molecule has 2 rings (SSSR count). The summed E-state index contributed by atoms with van der Waals surface area (Å²) in [6.45, 7) is 7.63. The number of carbonyl (C=O) groups is 1. The highest BCUT2D eigenvalue weighted by molar-refractivity contribution is 14.1. The third-order valence-corrected chi connectivity index (χ3v) is 3.30. The number of hydrogen-bond donors (Lipinski definition) is 0. The van der Waals surface area contributed by atoms with Crippen molar-refractivity contribution in [1.82, 2.24) is 14.9 Å². The van der Waals surface area contributed by atoms with Gasteiger partial charge in [-0.15, -0.1) is 0 Å². The van der Waals surface area contributed by atoms with Gasteiger partial charge in [0.15, 0.2) is 0 Å². The van der Waals surface area contributed by atoms with Gasteiger partial charge in [-0.05, 0) is 49.8 Å². The fourth-order valence-electron chi connectivity index (χ4n) is 1.91. The normalized spacial score (nSPS) is 16.2. The highest BCUT2D eigenvalue weighted by atomic mass is 127. The molecule has 1 aromatic rings. The molecule has 1 aliphatic heterocycles. The quantitative estimate of drug-likeness (QED) is 0.690. The Bertz CT molecular complexity index is 472. The highest BCUT2D eigenvalue weighted by Gasteiger charge is 2.27. The molecule has 0 aliphatic carbocycles. The molecule has 20 heavy (non-hydrogen) atoms. The second kappa shape index (κ2) is 6.11. The smallest absolute Gasteiger partial charge is 0.411 e. The molecule has 0 radical (unpaired) electrons. The summed E-state index contributed by atoms with van der Waals surface area (Å²) in [5.74, 6) is 0.652. The molecule has 1 aliphatic rings. The molecule has 0 saturated carbocycles. The molecular weight excluding hydrogens is 371 g/mol. The molecule has 0 aromatic carbocycles. The van der Waals surface area contributed by atoms with Crippen LogP contribution in [0.1, 0.15) is 27.2 Å². The summed E-state index contributed by atoms with van der Waals surface area (Å²) in [7, 11) is 0. The lowest BCUT2D eigenvalue weighted by Crippen LogP contribution is -2.49. The van der Waals surface area contributed by atoms with E-state index in [1.165, 1.54) is 0 Å². The second-order valence-corrected chi connectivity index (χ2v) is 6.95. The molecule has 0 unspecified atom stereocenters. The summed E-state index contributed by atoms with van der Waals surface area (Å²) in [5.41, 5.74) is -0.473. The first-order valence-electron chi connectivity index (χ1n) is 6.55. The number of amides is 1. The number of hydrogen-bond acceptors (Lipinski definition) is 5. The largest absolute Gasteiger partial charge is 0.444 e. The van der Waals surface area contributed by atoms with E-state index in [2.05, 4.69) is 32.6 Å². The Morgan fingerprint density at radius 2 is 1.95 bits per heavy atom. The van der Waals surface area contributed by atoms with Crippen LogP contribution in [0, 0.1) is 3.57 Å². The molecule has 0 bridgehead atoms. The number of rotatable bonds is 1. The van der Waals surface area contributed by atoms with Crippen LogP contribution in [-0.2, 0) is 4.74 Å². The fourth-order valence-corrected chi connectivity index (χ4v) is 2.19. The summed E-state index contributed by atoms with van der Waals surface area (Å²) in [6, 6.07) is 0. The Balaban J connectivity index is 2.01. The Labute approximate surface area is 132 Å². The monoisotopic (exact) mass is 390 g/mol. The third-order valence-electron chi connectivity index (χ3n) is 2.74. The molecule has 1 aromatic heterocycles. The second-order valence-electron chi connectivity index (χ2n) is 5.70. The predicted octanol–water partition coefficient (Wildman–Crippen LogP) is 2.49. The Morgan fingerprint density at radius 1 is 1.30 bits per heavy atom. The molecule has 6 nitrogen and oxygen atoms in total. The van der Waals surface area contributed by atoms with Gasteiger partial charge in [0.05, 0.1) is 6.67 Å². The summed E-state index contributed by atoms with van der Waals surface area (Å²) in [6.07, 6.45) is 4.15. The molecule has 110 valence electrons. The van der Waals surface area contributed by atoms with Gasteiger partial charge < -0.3 is 9.64 Å². The van der Waals surface area contributed by atoms with Crippen molar-refractivity contribution in [2.24, 2.45) is 0 Å². The van der Waals surface area contributed by atoms with Crippen molar-refractivity contribution in [1.29, 1.82) is 0 Å². The van der Waals surface area contributed by atoms with Crippen LogP contribution >= 0.6 is 22.6 Å². The predicted molar refractivity (Wildman–Crippen MR) is 84.5 cm³/mol. The standard InChI is InChI=1S/C13H19IN4O2/c1-13(2,3)20-12(19)18-6-4-5-17(9-18)11-15-7-10(14)8-16-11/h7-8H,4-6,9H2,1-3H3. The van der Waals surface area contributed by atoms with Gasteiger partial charge in [-0.3, -0.25) is 4.90 Å². The highest BCUT2D eigenvalue weighted by Crippen LogP contribution is 2.17. The first-order chi connectivity index (χ1) is 9.35. The van der Waals surface area contributed by atoms with Crippen LogP contribution in [-0.4, -0.2) is 46.3 Å². The zero-order valence-electron chi connectivity index (χ0n) is 12.0. The van der Waals surface area contributed by atoms with Crippen LogP contribution in [0.25, 0.3) is 0 Å². The lowest BCUT2D eigenvalue weighted by Gasteiger charge is -2.36. The maximum Gasteiger partial charge on any atom is 0.411 e. The fraction of sp³-hybridized carbons (Fsp3) is 0.615. The van der Waals surface area contributed by atoms with Crippen molar-refractivity contribution in [3.8, 4) is 0 Å². The number of ether oxygens (including phenoxy) is 1. The van der Waals surface area contributed by atoms with Gasteiger partial charge in [-0.1, -0.05) is 0 Å². The van der Waals surface area contributed by atoms with Crippen molar-refractivity contribution in [2.75, 3.05) is 24.7 Å². The first-order valence-corrected chi connectivity index (χ1v) is 7.63. The zero-order valence-corrected chi connectivity index (χ0v) is 14.1. The van der Waals surface area contributed by atoms with Crippen LogP contribution in [0.15, 0.2) is 12.4 Å². The number of aromatic nitrogens is 2. The maximum absolute atomic E-state index is 12.1. The van der Waals surface area contributed by atoms with E-state index in [0.29, 0.717) is 19.2 Å². The Kier molecular flexibility index (Phi) is 4.66. The molecule has 0 N–H and O–H groups in total. The lowest BCUT2D eigenvalue weighted by atomic mass is 10.2. The van der Waals surface area contributed by atoms with Crippen LogP contribution in [0.3, 0.4) is 0 Å². The Morgan fingerprint density at radius 3 is 2.55 bits per heavy atom. The van der Waals surface area contributed by atoms with Gasteiger partial charge in [-0.2, -0.15) is 0 Å². The molecule has 2 heterocycles. The molecule has 0 spiro atoms. The molecule has 1 amide bonds. The van der Waals surface area contributed by atoms with E-state index in [1.54, 1.807) is 17.3 Å². The van der Waals surface area contributed by atoms with Crippen LogP contribution in [0.4, 0.5) is 10.7 Å². The minimum atomic E-state index is -0.473. The van der Waals surface area contributed by atoms with E-state index in [-0.39, 0.29) is 6.09 Å².